The van der Waals surface area contributed by atoms with Crippen molar-refractivity contribution in [1.29, 1.82) is 0 Å². The van der Waals surface area contributed by atoms with E-state index in [9.17, 15) is 13.6 Å². The van der Waals surface area contributed by atoms with Crippen molar-refractivity contribution in [2.45, 2.75) is 25.8 Å². The summed E-state index contributed by atoms with van der Waals surface area (Å²) < 4.78 is 30.3. The second kappa shape index (κ2) is 7.07. The van der Waals surface area contributed by atoms with Crippen LogP contribution in [0.1, 0.15) is 28.2 Å². The number of thiophene rings is 1. The Bertz CT molecular complexity index is 1090. The van der Waals surface area contributed by atoms with E-state index in [1.54, 1.807) is 19.3 Å². The van der Waals surface area contributed by atoms with Crippen LogP contribution in [0.3, 0.4) is 0 Å². The summed E-state index contributed by atoms with van der Waals surface area (Å²) in [7, 11) is 0. The van der Waals surface area contributed by atoms with Crippen molar-refractivity contribution in [3.8, 4) is 0 Å². The van der Waals surface area contributed by atoms with Crippen LogP contribution in [0.4, 0.5) is 19.5 Å². The topological polar surface area (TPSA) is 52.9 Å². The van der Waals surface area contributed by atoms with Gasteiger partial charge < -0.3 is 14.6 Å². The van der Waals surface area contributed by atoms with E-state index in [1.165, 1.54) is 29.4 Å². The largest absolute Gasteiger partial charge is 0.360 e. The van der Waals surface area contributed by atoms with Gasteiger partial charge in [0, 0.05) is 50.2 Å². The molecule has 152 valence electrons. The maximum atomic E-state index is 14.5. The zero-order valence-corrected chi connectivity index (χ0v) is 16.8. The molecule has 1 amide bonds. The van der Waals surface area contributed by atoms with E-state index < -0.39 is 17.5 Å². The number of carbonyl (C=O) groups is 1. The number of piperazine rings is 1. The smallest absolute Gasteiger partial charge is 0.268 e. The Morgan fingerprint density at radius 3 is 2.93 bits per heavy atom. The Labute approximate surface area is 170 Å². The van der Waals surface area contributed by atoms with Gasteiger partial charge in [0.15, 0.2) is 11.5 Å². The Balaban J connectivity index is 1.35. The molecule has 5 rings (SSSR count). The lowest BCUT2D eigenvalue weighted by Crippen LogP contribution is -2.49. The van der Waals surface area contributed by atoms with E-state index in [2.05, 4.69) is 20.1 Å². The molecule has 5 heterocycles. The van der Waals surface area contributed by atoms with E-state index in [1.807, 2.05) is 0 Å². The molecule has 0 bridgehead atoms. The minimum Gasteiger partial charge on any atom is -0.360 e. The summed E-state index contributed by atoms with van der Waals surface area (Å²) in [4.78, 5) is 21.4. The molecular formula is C20H21F2N5OS. The number of rotatable bonds is 3. The zero-order valence-electron chi connectivity index (χ0n) is 16.0. The molecule has 3 aromatic heterocycles. The lowest BCUT2D eigenvalue weighted by molar-refractivity contribution is 0.102. The molecule has 0 aromatic carbocycles. The predicted molar refractivity (Wildman–Crippen MR) is 109 cm³/mol. The van der Waals surface area contributed by atoms with Crippen LogP contribution in [0.15, 0.2) is 24.5 Å². The molecule has 2 fully saturated rings. The standard InChI is InChI=1S/C20H21F2N5OS/c1-12-9-27-10-13(7-16(22)19(27)23-12)24-20(28)18-15(21)8-17(29-18)26-6-5-25-4-2-3-14(25)11-26/h7-10,14H,2-6,11H2,1H3,(H,24,28). The zero-order chi connectivity index (χ0) is 20.1. The molecule has 1 atom stereocenters. The highest BCUT2D eigenvalue weighted by molar-refractivity contribution is 7.18. The fourth-order valence-corrected chi connectivity index (χ4v) is 5.26. The normalized spacial score (nSPS) is 19.7. The number of pyridine rings is 1. The first-order valence-electron chi connectivity index (χ1n) is 9.72. The summed E-state index contributed by atoms with van der Waals surface area (Å²) in [5, 5.41) is 3.38. The molecular weight excluding hydrogens is 396 g/mol. The van der Waals surface area contributed by atoms with Crippen molar-refractivity contribution in [2.24, 2.45) is 0 Å². The first kappa shape index (κ1) is 18.5. The molecule has 2 aliphatic rings. The van der Waals surface area contributed by atoms with Gasteiger partial charge in [-0.25, -0.2) is 13.8 Å². The van der Waals surface area contributed by atoms with Gasteiger partial charge in [-0.05, 0) is 26.3 Å². The molecule has 6 nitrogen and oxygen atoms in total. The lowest BCUT2D eigenvalue weighted by atomic mass is 10.1. The van der Waals surface area contributed by atoms with Crippen LogP contribution in [0.5, 0.6) is 0 Å². The highest BCUT2D eigenvalue weighted by Gasteiger charge is 2.32. The molecule has 0 saturated carbocycles. The van der Waals surface area contributed by atoms with Gasteiger partial charge in [-0.15, -0.1) is 11.3 Å². The van der Waals surface area contributed by atoms with Crippen LogP contribution < -0.4 is 10.2 Å². The molecule has 9 heteroatoms. The van der Waals surface area contributed by atoms with Gasteiger partial charge in [0.2, 0.25) is 0 Å². The number of fused-ring (bicyclic) bond motifs is 2. The summed E-state index contributed by atoms with van der Waals surface area (Å²) in [6, 6.07) is 3.15. The van der Waals surface area contributed by atoms with Crippen molar-refractivity contribution in [2.75, 3.05) is 36.4 Å². The van der Waals surface area contributed by atoms with Crippen molar-refractivity contribution in [3.05, 3.63) is 46.7 Å². The number of amides is 1. The van der Waals surface area contributed by atoms with Crippen LogP contribution in [0, 0.1) is 18.6 Å². The number of carbonyl (C=O) groups excluding carboxylic acids is 1. The van der Waals surface area contributed by atoms with E-state index in [4.69, 9.17) is 0 Å². The third-order valence-electron chi connectivity index (χ3n) is 5.66. The SMILES string of the molecule is Cc1cn2cc(NC(=O)c3sc(N4CCN5CCCC5C4)cc3F)cc(F)c2n1. The van der Waals surface area contributed by atoms with Crippen LogP contribution in [-0.2, 0) is 0 Å². The van der Waals surface area contributed by atoms with Crippen LogP contribution in [0.2, 0.25) is 0 Å². The number of aryl methyl sites for hydroxylation is 1. The molecule has 0 radical (unpaired) electrons. The Hall–Kier alpha value is -2.52. The average molecular weight is 417 g/mol. The Kier molecular flexibility index (Phi) is 4.51. The maximum absolute atomic E-state index is 14.5. The maximum Gasteiger partial charge on any atom is 0.268 e. The summed E-state index contributed by atoms with van der Waals surface area (Å²) in [6.07, 6.45) is 5.62. The quantitative estimate of drug-likeness (QED) is 0.709. The minimum atomic E-state index is -0.575. The molecule has 1 unspecified atom stereocenters. The van der Waals surface area contributed by atoms with Gasteiger partial charge in [-0.1, -0.05) is 0 Å². The lowest BCUT2D eigenvalue weighted by Gasteiger charge is -2.38. The first-order valence-corrected chi connectivity index (χ1v) is 10.5. The highest BCUT2D eigenvalue weighted by atomic mass is 32.1. The van der Waals surface area contributed by atoms with Crippen LogP contribution >= 0.6 is 11.3 Å². The van der Waals surface area contributed by atoms with E-state index >= 15 is 0 Å². The van der Waals surface area contributed by atoms with Crippen molar-refractivity contribution in [3.63, 3.8) is 0 Å². The molecule has 3 aromatic rings. The van der Waals surface area contributed by atoms with E-state index in [-0.39, 0.29) is 16.2 Å². The van der Waals surface area contributed by atoms with Gasteiger partial charge >= 0.3 is 0 Å². The number of imidazole rings is 1. The number of nitrogens with one attached hydrogen (secondary N) is 1. The second-order valence-corrected chi connectivity index (χ2v) is 8.71. The van der Waals surface area contributed by atoms with Gasteiger partial charge in [-0.3, -0.25) is 9.69 Å². The number of anilines is 2. The van der Waals surface area contributed by atoms with E-state index in [0.29, 0.717) is 11.7 Å². The number of nitrogens with zero attached hydrogens (tertiary/aromatic N) is 4. The molecule has 1 N–H and O–H groups in total. The van der Waals surface area contributed by atoms with E-state index in [0.717, 1.165) is 42.5 Å². The molecule has 29 heavy (non-hydrogen) atoms. The molecule has 0 spiro atoms. The third kappa shape index (κ3) is 3.38. The fraction of sp³-hybridized carbons (Fsp3) is 0.400. The third-order valence-corrected chi connectivity index (χ3v) is 6.83. The molecule has 0 aliphatic carbocycles. The van der Waals surface area contributed by atoms with Gasteiger partial charge in [0.1, 0.15) is 10.7 Å². The second-order valence-electron chi connectivity index (χ2n) is 7.68. The van der Waals surface area contributed by atoms with Crippen molar-refractivity contribution in [1.82, 2.24) is 14.3 Å². The van der Waals surface area contributed by atoms with Gasteiger partial charge in [-0.2, -0.15) is 0 Å². The van der Waals surface area contributed by atoms with Gasteiger partial charge in [0.05, 0.1) is 16.4 Å². The summed E-state index contributed by atoms with van der Waals surface area (Å²) >= 11 is 1.15. The molecule has 2 saturated heterocycles. The summed E-state index contributed by atoms with van der Waals surface area (Å²) in [5.41, 5.74) is 1.12. The van der Waals surface area contributed by atoms with Crippen LogP contribution in [0.25, 0.3) is 5.65 Å². The van der Waals surface area contributed by atoms with Crippen LogP contribution in [-0.4, -0.2) is 52.4 Å². The fourth-order valence-electron chi connectivity index (χ4n) is 4.29. The molecule has 2 aliphatic heterocycles. The summed E-state index contributed by atoms with van der Waals surface area (Å²) in [5.74, 6) is -1.66. The monoisotopic (exact) mass is 417 g/mol. The number of hydrogen-bond acceptors (Lipinski definition) is 5. The number of aromatic nitrogens is 2. The van der Waals surface area contributed by atoms with Crippen molar-refractivity contribution >= 4 is 33.6 Å². The van der Waals surface area contributed by atoms with Crippen molar-refractivity contribution < 1.29 is 13.6 Å². The highest BCUT2D eigenvalue weighted by Crippen LogP contribution is 2.33. The minimum absolute atomic E-state index is 0.0103. The number of hydrogen-bond donors (Lipinski definition) is 1. The number of halogens is 2. The Morgan fingerprint density at radius 1 is 1.21 bits per heavy atom. The Morgan fingerprint density at radius 2 is 2.07 bits per heavy atom. The average Bonchev–Trinajstić information content (AvgIpc) is 3.38. The predicted octanol–water partition coefficient (Wildman–Crippen LogP) is 3.52. The van der Waals surface area contributed by atoms with Gasteiger partial charge in [0.25, 0.3) is 5.91 Å². The first-order chi connectivity index (χ1) is 14.0. The summed E-state index contributed by atoms with van der Waals surface area (Å²) in [6.45, 7) is 5.57.